The highest BCUT2D eigenvalue weighted by Crippen LogP contribution is 2.31. The summed E-state index contributed by atoms with van der Waals surface area (Å²) in [6, 6.07) is 9.35. The summed E-state index contributed by atoms with van der Waals surface area (Å²) in [5, 5.41) is 13.0. The maximum Gasteiger partial charge on any atom is 0.323 e. The van der Waals surface area contributed by atoms with E-state index in [4.69, 9.17) is 32.2 Å². The van der Waals surface area contributed by atoms with Crippen LogP contribution in [0.5, 0.6) is 11.6 Å². The first-order chi connectivity index (χ1) is 14.4. The van der Waals surface area contributed by atoms with Gasteiger partial charge in [-0.1, -0.05) is 17.7 Å². The van der Waals surface area contributed by atoms with E-state index in [2.05, 4.69) is 20.6 Å². The Balaban J connectivity index is 1.74. The molecule has 11 heteroatoms. The van der Waals surface area contributed by atoms with Gasteiger partial charge in [-0.2, -0.15) is 0 Å². The van der Waals surface area contributed by atoms with Crippen LogP contribution >= 0.6 is 11.6 Å². The van der Waals surface area contributed by atoms with Crippen molar-refractivity contribution in [2.24, 2.45) is 0 Å². The largest absolute Gasteiger partial charge is 0.481 e. The number of aromatic nitrogens is 2. The summed E-state index contributed by atoms with van der Waals surface area (Å²) in [6.45, 7) is 0. The zero-order valence-electron chi connectivity index (χ0n) is 15.6. The van der Waals surface area contributed by atoms with Gasteiger partial charge < -0.3 is 25.8 Å². The number of nitrogen functional groups attached to an aromatic ring is 1. The second kappa shape index (κ2) is 9.05. The Morgan fingerprint density at radius 3 is 2.70 bits per heavy atom. The van der Waals surface area contributed by atoms with Gasteiger partial charge in [0.2, 0.25) is 11.8 Å². The van der Waals surface area contributed by atoms with Gasteiger partial charge in [0.1, 0.15) is 29.3 Å². The summed E-state index contributed by atoms with van der Waals surface area (Å²) in [6.07, 6.45) is 1.19. The highest BCUT2D eigenvalue weighted by Gasteiger charge is 2.18. The number of amides is 2. The Bertz CT molecular complexity index is 1110. The molecular weight excluding hydrogens is 415 g/mol. The second-order valence-electron chi connectivity index (χ2n) is 5.81. The summed E-state index contributed by atoms with van der Waals surface area (Å²) in [5.74, 6) is -0.431. The lowest BCUT2D eigenvalue weighted by molar-refractivity contribution is 0.262. The van der Waals surface area contributed by atoms with Gasteiger partial charge in [-0.15, -0.1) is 0 Å². The lowest BCUT2D eigenvalue weighted by Gasteiger charge is -2.13. The fourth-order valence-electron chi connectivity index (χ4n) is 2.40. The van der Waals surface area contributed by atoms with Gasteiger partial charge >= 0.3 is 6.03 Å². The lowest BCUT2D eigenvalue weighted by Crippen LogP contribution is -2.19. The van der Waals surface area contributed by atoms with Crippen molar-refractivity contribution >= 4 is 40.7 Å². The molecule has 0 bridgehead atoms. The van der Waals surface area contributed by atoms with Crippen LogP contribution in [0.1, 0.15) is 5.56 Å². The SMILES string of the molecule is COC(=N)c1c(N)ncnc1Oc1ccc(NC(=O)Nc2cccc(F)c2)c(Cl)c1. The zero-order chi connectivity index (χ0) is 21.7. The minimum absolute atomic E-state index is 0.00923. The zero-order valence-corrected chi connectivity index (χ0v) is 16.3. The van der Waals surface area contributed by atoms with Crippen LogP contribution in [0, 0.1) is 11.2 Å². The summed E-state index contributed by atoms with van der Waals surface area (Å²) in [7, 11) is 1.31. The Morgan fingerprint density at radius 2 is 2.00 bits per heavy atom. The summed E-state index contributed by atoms with van der Waals surface area (Å²) in [5.41, 5.74) is 6.45. The molecule has 0 radical (unpaired) electrons. The molecule has 1 heterocycles. The Labute approximate surface area is 175 Å². The molecule has 0 spiro atoms. The molecule has 3 rings (SSSR count). The molecule has 1 aromatic heterocycles. The molecule has 0 fully saturated rings. The number of benzene rings is 2. The van der Waals surface area contributed by atoms with E-state index in [9.17, 15) is 9.18 Å². The van der Waals surface area contributed by atoms with Gasteiger partial charge in [-0.3, -0.25) is 5.41 Å². The number of methoxy groups -OCH3 is 1. The van der Waals surface area contributed by atoms with E-state index < -0.39 is 11.8 Å². The maximum absolute atomic E-state index is 13.2. The average Bonchev–Trinajstić information content (AvgIpc) is 2.70. The first-order valence-corrected chi connectivity index (χ1v) is 8.79. The minimum atomic E-state index is -0.601. The van der Waals surface area contributed by atoms with Crippen LogP contribution in [-0.2, 0) is 4.74 Å². The predicted octanol–water partition coefficient (Wildman–Crippen LogP) is 4.26. The number of carbonyl (C=O) groups excluding carboxylic acids is 1. The number of hydrogen-bond donors (Lipinski definition) is 4. The molecule has 9 nitrogen and oxygen atoms in total. The van der Waals surface area contributed by atoms with Crippen molar-refractivity contribution in [3.05, 3.63) is 65.2 Å². The molecule has 30 heavy (non-hydrogen) atoms. The Hall–Kier alpha value is -3.92. The molecule has 0 unspecified atom stereocenters. The van der Waals surface area contributed by atoms with Gasteiger partial charge in [-0.05, 0) is 30.3 Å². The molecule has 3 aromatic rings. The van der Waals surface area contributed by atoms with Crippen LogP contribution in [0.3, 0.4) is 0 Å². The van der Waals surface area contributed by atoms with Gasteiger partial charge in [0.05, 0.1) is 17.8 Å². The van der Waals surface area contributed by atoms with Crippen molar-refractivity contribution in [2.45, 2.75) is 0 Å². The van der Waals surface area contributed by atoms with Gasteiger partial charge in [0.15, 0.2) is 0 Å². The molecular formula is C19H16ClFN6O3. The third kappa shape index (κ3) is 4.92. The number of urea groups is 1. The number of carbonyl (C=O) groups is 1. The summed E-state index contributed by atoms with van der Waals surface area (Å²) >= 11 is 6.22. The van der Waals surface area contributed by atoms with Crippen LogP contribution < -0.4 is 21.1 Å². The standard InChI is InChI=1S/C19H16ClFN6O3/c1-29-17(23)15-16(22)24-9-25-18(15)30-12-5-6-14(13(20)8-12)27-19(28)26-11-4-2-3-10(21)7-11/h2-9,23H,1H3,(H2,22,24,25)(H2,26,27,28). The van der Waals surface area contributed by atoms with Crippen LogP contribution in [0.15, 0.2) is 48.8 Å². The van der Waals surface area contributed by atoms with Gasteiger partial charge in [-0.25, -0.2) is 19.2 Å². The molecule has 0 saturated heterocycles. The first-order valence-electron chi connectivity index (χ1n) is 8.41. The van der Waals surface area contributed by atoms with Crippen molar-refractivity contribution in [3.8, 4) is 11.6 Å². The van der Waals surface area contributed by atoms with Crippen LogP contribution in [0.4, 0.5) is 26.4 Å². The summed E-state index contributed by atoms with van der Waals surface area (Å²) in [4.78, 5) is 19.9. The number of halogens is 2. The number of hydrogen-bond acceptors (Lipinski definition) is 7. The number of rotatable bonds is 5. The summed E-state index contributed by atoms with van der Waals surface area (Å²) < 4.78 is 23.7. The molecule has 0 aliphatic rings. The van der Waals surface area contributed by atoms with Crippen molar-refractivity contribution in [1.29, 1.82) is 5.41 Å². The quantitative estimate of drug-likeness (QED) is 0.353. The van der Waals surface area contributed by atoms with Gasteiger partial charge in [0, 0.05) is 11.8 Å². The van der Waals surface area contributed by atoms with E-state index in [-0.39, 0.29) is 39.6 Å². The molecule has 2 aromatic carbocycles. The topological polar surface area (TPSA) is 135 Å². The van der Waals surface area contributed by atoms with E-state index in [1.165, 1.54) is 49.8 Å². The highest BCUT2D eigenvalue weighted by atomic mass is 35.5. The van der Waals surface area contributed by atoms with Crippen LogP contribution in [0.2, 0.25) is 5.02 Å². The highest BCUT2D eigenvalue weighted by molar-refractivity contribution is 6.34. The number of nitrogens with two attached hydrogens (primary N) is 1. The van der Waals surface area contributed by atoms with Crippen LogP contribution in [-0.4, -0.2) is 29.0 Å². The fraction of sp³-hybridized carbons (Fsp3) is 0.0526. The molecule has 0 aliphatic heterocycles. The lowest BCUT2D eigenvalue weighted by atomic mass is 10.2. The molecule has 5 N–H and O–H groups in total. The van der Waals surface area contributed by atoms with E-state index in [0.717, 1.165) is 0 Å². The van der Waals surface area contributed by atoms with Crippen molar-refractivity contribution < 1.29 is 18.7 Å². The molecule has 2 amide bonds. The molecule has 0 atom stereocenters. The Morgan fingerprint density at radius 1 is 1.20 bits per heavy atom. The average molecular weight is 431 g/mol. The predicted molar refractivity (Wildman–Crippen MR) is 111 cm³/mol. The molecule has 154 valence electrons. The fourth-order valence-corrected chi connectivity index (χ4v) is 2.62. The minimum Gasteiger partial charge on any atom is -0.481 e. The van der Waals surface area contributed by atoms with E-state index in [1.807, 2.05) is 0 Å². The number of nitrogens with zero attached hydrogens (tertiary/aromatic N) is 2. The number of ether oxygens (including phenoxy) is 2. The first kappa shape index (κ1) is 20.8. The number of anilines is 3. The third-order valence-electron chi connectivity index (χ3n) is 3.76. The smallest absolute Gasteiger partial charge is 0.323 e. The second-order valence-corrected chi connectivity index (χ2v) is 6.21. The monoisotopic (exact) mass is 430 g/mol. The molecule has 0 saturated carbocycles. The van der Waals surface area contributed by atoms with Crippen molar-refractivity contribution in [1.82, 2.24) is 9.97 Å². The van der Waals surface area contributed by atoms with Crippen LogP contribution in [0.25, 0.3) is 0 Å². The van der Waals surface area contributed by atoms with E-state index in [1.54, 1.807) is 6.07 Å². The third-order valence-corrected chi connectivity index (χ3v) is 4.07. The normalized spacial score (nSPS) is 10.2. The van der Waals surface area contributed by atoms with Crippen molar-refractivity contribution in [3.63, 3.8) is 0 Å². The number of nitrogens with one attached hydrogen (secondary N) is 3. The van der Waals surface area contributed by atoms with E-state index in [0.29, 0.717) is 5.69 Å². The van der Waals surface area contributed by atoms with E-state index >= 15 is 0 Å². The van der Waals surface area contributed by atoms with Gasteiger partial charge in [0.25, 0.3) is 0 Å². The Kier molecular flexibility index (Phi) is 6.28. The maximum atomic E-state index is 13.2. The van der Waals surface area contributed by atoms with Crippen molar-refractivity contribution in [2.75, 3.05) is 23.5 Å². The molecule has 0 aliphatic carbocycles.